The van der Waals surface area contributed by atoms with Crippen molar-refractivity contribution in [2.45, 2.75) is 64.7 Å². The number of carbonyl (C=O) groups is 1. The van der Waals surface area contributed by atoms with Crippen molar-refractivity contribution in [2.24, 2.45) is 5.92 Å². The Balaban J connectivity index is 1.87. The van der Waals surface area contributed by atoms with Gasteiger partial charge in [0.2, 0.25) is 0 Å². The Morgan fingerprint density at radius 1 is 1.26 bits per heavy atom. The number of aryl methyl sites for hydroxylation is 1. The van der Waals surface area contributed by atoms with E-state index in [4.69, 9.17) is 0 Å². The van der Waals surface area contributed by atoms with E-state index < -0.39 is 0 Å². The van der Waals surface area contributed by atoms with Gasteiger partial charge in [-0.1, -0.05) is 13.3 Å². The molecule has 0 radical (unpaired) electrons. The van der Waals surface area contributed by atoms with Crippen LogP contribution in [0.25, 0.3) is 0 Å². The molecule has 0 saturated heterocycles. The maximum Gasteiger partial charge on any atom is 0.135 e. The number of ketones is 1. The fourth-order valence-corrected chi connectivity index (χ4v) is 2.95. The first-order valence-corrected chi connectivity index (χ1v) is 7.52. The Hall–Kier alpha value is -1.25. The van der Waals surface area contributed by atoms with Gasteiger partial charge < -0.3 is 0 Å². The molecule has 0 amide bonds. The zero-order valence-corrected chi connectivity index (χ0v) is 12.1. The van der Waals surface area contributed by atoms with Gasteiger partial charge in [0.15, 0.2) is 0 Å². The van der Waals surface area contributed by atoms with E-state index in [0.717, 1.165) is 56.3 Å². The molecule has 1 aromatic heterocycles. The standard InChI is InChI=1S/C16H24N2O/c1-3-4-5-16(19)14-8-6-13(7-9-14)15-11-17-10-12(2)18-15/h10-11,13-14H,3-9H2,1-2H3/t13-,14-. The van der Waals surface area contributed by atoms with E-state index in [0.29, 0.717) is 17.6 Å². The summed E-state index contributed by atoms with van der Waals surface area (Å²) in [5.74, 6) is 1.29. The van der Waals surface area contributed by atoms with Crippen LogP contribution in [0.5, 0.6) is 0 Å². The van der Waals surface area contributed by atoms with Crippen molar-refractivity contribution in [3.8, 4) is 0 Å². The third kappa shape index (κ3) is 3.85. The molecule has 19 heavy (non-hydrogen) atoms. The molecule has 1 fully saturated rings. The smallest absolute Gasteiger partial charge is 0.135 e. The summed E-state index contributed by atoms with van der Waals surface area (Å²) < 4.78 is 0. The summed E-state index contributed by atoms with van der Waals surface area (Å²) in [6.07, 6.45) is 10.8. The second-order valence-corrected chi connectivity index (χ2v) is 5.70. The van der Waals surface area contributed by atoms with Crippen LogP contribution in [0.1, 0.15) is 69.2 Å². The van der Waals surface area contributed by atoms with Gasteiger partial charge in [-0.05, 0) is 39.0 Å². The lowest BCUT2D eigenvalue weighted by atomic mass is 9.78. The van der Waals surface area contributed by atoms with Crippen molar-refractivity contribution in [1.29, 1.82) is 0 Å². The minimum atomic E-state index is 0.306. The molecule has 3 nitrogen and oxygen atoms in total. The fraction of sp³-hybridized carbons (Fsp3) is 0.688. The van der Waals surface area contributed by atoms with E-state index in [1.807, 2.05) is 13.1 Å². The molecule has 3 heteroatoms. The van der Waals surface area contributed by atoms with E-state index >= 15 is 0 Å². The van der Waals surface area contributed by atoms with Gasteiger partial charge in [0, 0.05) is 30.7 Å². The Labute approximate surface area is 115 Å². The zero-order chi connectivity index (χ0) is 13.7. The first-order valence-electron chi connectivity index (χ1n) is 7.52. The van der Waals surface area contributed by atoms with Crippen LogP contribution in [0.3, 0.4) is 0 Å². The lowest BCUT2D eigenvalue weighted by Crippen LogP contribution is -2.21. The number of rotatable bonds is 5. The maximum absolute atomic E-state index is 12.0. The monoisotopic (exact) mass is 260 g/mol. The number of hydrogen-bond acceptors (Lipinski definition) is 3. The van der Waals surface area contributed by atoms with Crippen molar-refractivity contribution >= 4 is 5.78 Å². The largest absolute Gasteiger partial charge is 0.299 e. The van der Waals surface area contributed by atoms with Crippen molar-refractivity contribution in [3.63, 3.8) is 0 Å². The van der Waals surface area contributed by atoms with Crippen LogP contribution in [0.4, 0.5) is 0 Å². The van der Waals surface area contributed by atoms with Crippen LogP contribution in [-0.2, 0) is 4.79 Å². The minimum absolute atomic E-state index is 0.306. The molecule has 2 rings (SSSR count). The molecular weight excluding hydrogens is 236 g/mol. The number of Topliss-reactive ketones (excluding diaryl/α,β-unsaturated/α-hetero) is 1. The average molecular weight is 260 g/mol. The molecule has 0 aliphatic heterocycles. The predicted molar refractivity (Wildman–Crippen MR) is 76.0 cm³/mol. The van der Waals surface area contributed by atoms with Crippen LogP contribution in [0.15, 0.2) is 12.4 Å². The third-order valence-corrected chi connectivity index (χ3v) is 4.15. The van der Waals surface area contributed by atoms with Gasteiger partial charge in [0.05, 0.1) is 11.4 Å². The molecule has 1 aromatic rings. The van der Waals surface area contributed by atoms with Gasteiger partial charge in [0.25, 0.3) is 0 Å². The van der Waals surface area contributed by atoms with Crippen molar-refractivity contribution < 1.29 is 4.79 Å². The normalized spacial score (nSPS) is 23.3. The molecule has 0 spiro atoms. The second-order valence-electron chi connectivity index (χ2n) is 5.70. The average Bonchev–Trinajstić information content (AvgIpc) is 2.45. The molecule has 0 bridgehead atoms. The SMILES string of the molecule is CCCCC(=O)[C@H]1CC[C@H](c2cncc(C)n2)CC1. The van der Waals surface area contributed by atoms with Gasteiger partial charge in [-0.3, -0.25) is 14.8 Å². The van der Waals surface area contributed by atoms with E-state index in [1.54, 1.807) is 6.20 Å². The van der Waals surface area contributed by atoms with E-state index in [2.05, 4.69) is 16.9 Å². The molecule has 1 aliphatic rings. The summed E-state index contributed by atoms with van der Waals surface area (Å²) in [6.45, 7) is 4.12. The third-order valence-electron chi connectivity index (χ3n) is 4.15. The molecule has 0 unspecified atom stereocenters. The first kappa shape index (κ1) is 14.2. The highest BCUT2D eigenvalue weighted by molar-refractivity contribution is 5.81. The Morgan fingerprint density at radius 2 is 2.00 bits per heavy atom. The molecule has 104 valence electrons. The highest BCUT2D eigenvalue weighted by Gasteiger charge is 2.27. The molecule has 1 saturated carbocycles. The van der Waals surface area contributed by atoms with E-state index in [-0.39, 0.29) is 0 Å². The Kier molecular flexibility index (Phi) is 5.06. The Morgan fingerprint density at radius 3 is 2.63 bits per heavy atom. The van der Waals surface area contributed by atoms with E-state index in [1.165, 1.54) is 0 Å². The van der Waals surface area contributed by atoms with Gasteiger partial charge in [0.1, 0.15) is 5.78 Å². The summed E-state index contributed by atoms with van der Waals surface area (Å²) in [5.41, 5.74) is 2.10. The maximum atomic E-state index is 12.0. The minimum Gasteiger partial charge on any atom is -0.299 e. The molecule has 0 atom stereocenters. The number of carbonyl (C=O) groups excluding carboxylic acids is 1. The molecular formula is C16H24N2O. The number of unbranched alkanes of at least 4 members (excludes halogenated alkanes) is 1. The van der Waals surface area contributed by atoms with Gasteiger partial charge >= 0.3 is 0 Å². The van der Waals surface area contributed by atoms with Crippen LogP contribution in [-0.4, -0.2) is 15.8 Å². The summed E-state index contributed by atoms with van der Waals surface area (Å²) in [4.78, 5) is 20.8. The summed E-state index contributed by atoms with van der Waals surface area (Å²) >= 11 is 0. The topological polar surface area (TPSA) is 42.9 Å². The van der Waals surface area contributed by atoms with Gasteiger partial charge in [-0.2, -0.15) is 0 Å². The van der Waals surface area contributed by atoms with Crippen LogP contribution in [0.2, 0.25) is 0 Å². The number of nitrogens with zero attached hydrogens (tertiary/aromatic N) is 2. The quantitative estimate of drug-likeness (QED) is 0.808. The molecule has 0 aromatic carbocycles. The van der Waals surface area contributed by atoms with Gasteiger partial charge in [-0.15, -0.1) is 0 Å². The summed E-state index contributed by atoms with van der Waals surface area (Å²) in [7, 11) is 0. The fourth-order valence-electron chi connectivity index (χ4n) is 2.95. The van der Waals surface area contributed by atoms with Crippen molar-refractivity contribution in [2.75, 3.05) is 0 Å². The number of hydrogen-bond donors (Lipinski definition) is 0. The van der Waals surface area contributed by atoms with Crippen LogP contribution in [0, 0.1) is 12.8 Å². The van der Waals surface area contributed by atoms with E-state index in [9.17, 15) is 4.79 Å². The molecule has 1 heterocycles. The van der Waals surface area contributed by atoms with Crippen molar-refractivity contribution in [1.82, 2.24) is 9.97 Å². The Bertz CT molecular complexity index is 423. The number of aromatic nitrogens is 2. The first-order chi connectivity index (χ1) is 9.20. The zero-order valence-electron chi connectivity index (χ0n) is 12.1. The lowest BCUT2D eigenvalue weighted by molar-refractivity contribution is -0.124. The lowest BCUT2D eigenvalue weighted by Gasteiger charge is -2.27. The summed E-state index contributed by atoms with van der Waals surface area (Å²) in [6, 6.07) is 0. The molecule has 0 N–H and O–H groups in total. The van der Waals surface area contributed by atoms with Crippen LogP contribution >= 0.6 is 0 Å². The van der Waals surface area contributed by atoms with Crippen molar-refractivity contribution in [3.05, 3.63) is 23.8 Å². The molecule has 1 aliphatic carbocycles. The highest BCUT2D eigenvalue weighted by atomic mass is 16.1. The van der Waals surface area contributed by atoms with Crippen LogP contribution < -0.4 is 0 Å². The predicted octanol–water partition coefficient (Wildman–Crippen LogP) is 3.82. The summed E-state index contributed by atoms with van der Waals surface area (Å²) in [5, 5.41) is 0. The highest BCUT2D eigenvalue weighted by Crippen LogP contribution is 2.35. The van der Waals surface area contributed by atoms with Gasteiger partial charge in [-0.25, -0.2) is 0 Å². The second kappa shape index (κ2) is 6.78.